The van der Waals surface area contributed by atoms with Crippen LogP contribution in [0.3, 0.4) is 0 Å². The van der Waals surface area contributed by atoms with Gasteiger partial charge in [0.25, 0.3) is 0 Å². The number of carboxylic acids is 2. The molecule has 3 atom stereocenters. The van der Waals surface area contributed by atoms with Crippen molar-refractivity contribution in [2.24, 2.45) is 22.7 Å². The van der Waals surface area contributed by atoms with Crippen molar-refractivity contribution in [1.82, 2.24) is 0 Å². The summed E-state index contributed by atoms with van der Waals surface area (Å²) in [6, 6.07) is 1.93. The fourth-order valence-corrected chi connectivity index (χ4v) is 4.47. The van der Waals surface area contributed by atoms with Gasteiger partial charge in [-0.2, -0.15) is 13.2 Å². The van der Waals surface area contributed by atoms with Crippen LogP contribution in [-0.4, -0.2) is 22.2 Å². The Bertz CT molecular complexity index is 843. The van der Waals surface area contributed by atoms with Crippen molar-refractivity contribution in [2.75, 3.05) is 0 Å². The standard InChI is InChI=1S/C20H20F4O4/c1-11-6-7-18(16(25)26,10-19(11,17(27)28)13-2-3-13)9-12-8-14(21)4-5-15(12)20(22,23)24/h4-8,11,13H,2-3,9-10H2,1H3,(H,25,26)(H,27,28). The highest BCUT2D eigenvalue weighted by atomic mass is 19.4. The molecule has 2 N–H and O–H groups in total. The zero-order valence-electron chi connectivity index (χ0n) is 15.1. The highest BCUT2D eigenvalue weighted by Gasteiger charge is 2.60. The molecule has 0 heterocycles. The van der Waals surface area contributed by atoms with Gasteiger partial charge in [0.1, 0.15) is 5.82 Å². The zero-order chi connectivity index (χ0) is 20.9. The molecule has 8 heteroatoms. The molecule has 1 fully saturated rings. The van der Waals surface area contributed by atoms with Crippen molar-refractivity contribution < 1.29 is 37.4 Å². The molecule has 3 rings (SSSR count). The van der Waals surface area contributed by atoms with Crippen LogP contribution in [0.15, 0.2) is 30.4 Å². The minimum Gasteiger partial charge on any atom is -0.481 e. The lowest BCUT2D eigenvalue weighted by atomic mass is 9.57. The van der Waals surface area contributed by atoms with Crippen molar-refractivity contribution in [1.29, 1.82) is 0 Å². The number of allylic oxidation sites excluding steroid dienone is 1. The van der Waals surface area contributed by atoms with Crippen LogP contribution in [0.1, 0.15) is 37.3 Å². The monoisotopic (exact) mass is 400 g/mol. The summed E-state index contributed by atoms with van der Waals surface area (Å²) in [7, 11) is 0. The molecule has 1 aromatic rings. The Morgan fingerprint density at radius 2 is 1.82 bits per heavy atom. The average Bonchev–Trinajstić information content (AvgIpc) is 3.40. The normalized spacial score (nSPS) is 30.2. The highest BCUT2D eigenvalue weighted by Crippen LogP contribution is 2.59. The van der Waals surface area contributed by atoms with Gasteiger partial charge >= 0.3 is 18.1 Å². The number of rotatable bonds is 5. The molecule has 0 amide bonds. The van der Waals surface area contributed by atoms with Crippen molar-refractivity contribution in [3.63, 3.8) is 0 Å². The number of halogens is 4. The Morgan fingerprint density at radius 1 is 1.18 bits per heavy atom. The van der Waals surface area contributed by atoms with E-state index in [9.17, 15) is 37.4 Å². The van der Waals surface area contributed by atoms with Crippen LogP contribution in [0, 0.1) is 28.5 Å². The largest absolute Gasteiger partial charge is 0.481 e. The van der Waals surface area contributed by atoms with Gasteiger partial charge in [-0.1, -0.05) is 19.1 Å². The molecular formula is C20H20F4O4. The highest BCUT2D eigenvalue weighted by molar-refractivity contribution is 5.83. The summed E-state index contributed by atoms with van der Waals surface area (Å²) in [6.07, 6.45) is -1.73. The third-order valence-corrected chi connectivity index (χ3v) is 6.13. The molecule has 0 spiro atoms. The Labute approximate surface area is 158 Å². The van der Waals surface area contributed by atoms with Gasteiger partial charge in [-0.15, -0.1) is 0 Å². The maximum atomic E-state index is 13.7. The molecule has 28 heavy (non-hydrogen) atoms. The van der Waals surface area contributed by atoms with Crippen molar-refractivity contribution >= 4 is 11.9 Å². The Balaban J connectivity index is 2.11. The lowest BCUT2D eigenvalue weighted by Crippen LogP contribution is -2.49. The van der Waals surface area contributed by atoms with Gasteiger partial charge in [0, 0.05) is 0 Å². The van der Waals surface area contributed by atoms with Crippen LogP contribution >= 0.6 is 0 Å². The van der Waals surface area contributed by atoms with Crippen molar-refractivity contribution in [2.45, 2.75) is 38.8 Å². The third-order valence-electron chi connectivity index (χ3n) is 6.13. The Hall–Kier alpha value is -2.38. The molecule has 1 aromatic carbocycles. The smallest absolute Gasteiger partial charge is 0.416 e. The predicted molar refractivity (Wildman–Crippen MR) is 90.9 cm³/mol. The second-order valence-corrected chi connectivity index (χ2v) is 7.88. The molecule has 0 radical (unpaired) electrons. The first-order valence-electron chi connectivity index (χ1n) is 8.94. The number of hydrogen-bond acceptors (Lipinski definition) is 2. The van der Waals surface area contributed by atoms with Crippen LogP contribution < -0.4 is 0 Å². The van der Waals surface area contributed by atoms with Crippen molar-refractivity contribution in [3.05, 3.63) is 47.3 Å². The fourth-order valence-electron chi connectivity index (χ4n) is 4.47. The summed E-state index contributed by atoms with van der Waals surface area (Å²) >= 11 is 0. The number of aliphatic carboxylic acids is 2. The van der Waals surface area contributed by atoms with Gasteiger partial charge in [-0.25, -0.2) is 4.39 Å². The molecular weight excluding hydrogens is 380 g/mol. The van der Waals surface area contributed by atoms with Crippen LogP contribution in [0.2, 0.25) is 0 Å². The quantitative estimate of drug-likeness (QED) is 0.562. The number of carboxylic acid groups (broad SMARTS) is 2. The van der Waals surface area contributed by atoms with Gasteiger partial charge in [0.15, 0.2) is 0 Å². The average molecular weight is 400 g/mol. The van der Waals surface area contributed by atoms with E-state index in [4.69, 9.17) is 0 Å². The molecule has 152 valence electrons. The van der Waals surface area contributed by atoms with E-state index in [-0.39, 0.29) is 12.3 Å². The van der Waals surface area contributed by atoms with Crippen LogP contribution in [0.5, 0.6) is 0 Å². The molecule has 0 bridgehead atoms. The lowest BCUT2D eigenvalue weighted by molar-refractivity contribution is -0.161. The Kier molecular flexibility index (Phi) is 4.80. The molecule has 0 aliphatic heterocycles. The maximum Gasteiger partial charge on any atom is 0.416 e. The first-order chi connectivity index (χ1) is 12.9. The SMILES string of the molecule is CC1C=CC(Cc2cc(F)ccc2C(F)(F)F)(C(=O)O)CC1(C(=O)O)C1CC1. The second-order valence-electron chi connectivity index (χ2n) is 7.88. The molecule has 4 nitrogen and oxygen atoms in total. The summed E-state index contributed by atoms with van der Waals surface area (Å²) in [5.41, 5.74) is -4.83. The van der Waals surface area contributed by atoms with E-state index < -0.39 is 58.2 Å². The van der Waals surface area contributed by atoms with Crippen LogP contribution in [-0.2, 0) is 22.2 Å². The van der Waals surface area contributed by atoms with E-state index in [0.29, 0.717) is 31.0 Å². The first-order valence-corrected chi connectivity index (χ1v) is 8.94. The number of hydrogen-bond donors (Lipinski definition) is 2. The predicted octanol–water partition coefficient (Wildman–Crippen LogP) is 4.54. The molecule has 3 unspecified atom stereocenters. The summed E-state index contributed by atoms with van der Waals surface area (Å²) in [6.45, 7) is 1.68. The number of carbonyl (C=O) groups is 2. The van der Waals surface area contributed by atoms with Crippen LogP contribution in [0.4, 0.5) is 17.6 Å². The van der Waals surface area contributed by atoms with Gasteiger partial charge in [0.05, 0.1) is 16.4 Å². The van der Waals surface area contributed by atoms with E-state index in [1.807, 2.05) is 0 Å². The second kappa shape index (κ2) is 6.60. The van der Waals surface area contributed by atoms with E-state index >= 15 is 0 Å². The van der Waals surface area contributed by atoms with Gasteiger partial charge in [-0.05, 0) is 61.3 Å². The molecule has 2 aliphatic carbocycles. The summed E-state index contributed by atoms with van der Waals surface area (Å²) in [4.78, 5) is 24.3. The number of alkyl halides is 3. The van der Waals surface area contributed by atoms with Crippen molar-refractivity contribution in [3.8, 4) is 0 Å². The third kappa shape index (κ3) is 3.29. The number of benzene rings is 1. The van der Waals surface area contributed by atoms with E-state index in [2.05, 4.69) is 0 Å². The topological polar surface area (TPSA) is 74.6 Å². The van der Waals surface area contributed by atoms with Gasteiger partial charge < -0.3 is 10.2 Å². The maximum absolute atomic E-state index is 13.7. The van der Waals surface area contributed by atoms with E-state index in [1.54, 1.807) is 6.92 Å². The summed E-state index contributed by atoms with van der Waals surface area (Å²) in [5.74, 6) is -4.16. The molecule has 0 saturated heterocycles. The fraction of sp³-hybridized carbons (Fsp3) is 0.500. The minimum atomic E-state index is -4.78. The lowest BCUT2D eigenvalue weighted by Gasteiger charge is -2.44. The summed E-state index contributed by atoms with van der Waals surface area (Å²) in [5, 5.41) is 19.8. The molecule has 1 saturated carbocycles. The van der Waals surface area contributed by atoms with Gasteiger partial charge in [0.2, 0.25) is 0 Å². The first kappa shape index (κ1) is 20.4. The zero-order valence-corrected chi connectivity index (χ0v) is 15.1. The summed E-state index contributed by atoms with van der Waals surface area (Å²) < 4.78 is 53.7. The Morgan fingerprint density at radius 3 is 2.32 bits per heavy atom. The minimum absolute atomic E-state index is 0.224. The molecule has 0 aromatic heterocycles. The molecule has 2 aliphatic rings. The van der Waals surface area contributed by atoms with Crippen LogP contribution in [0.25, 0.3) is 0 Å². The van der Waals surface area contributed by atoms with E-state index in [1.165, 1.54) is 12.2 Å². The van der Waals surface area contributed by atoms with E-state index in [0.717, 1.165) is 0 Å². The van der Waals surface area contributed by atoms with Gasteiger partial charge in [-0.3, -0.25) is 9.59 Å².